The van der Waals surface area contributed by atoms with E-state index in [9.17, 15) is 23.9 Å². The summed E-state index contributed by atoms with van der Waals surface area (Å²) >= 11 is 0. The van der Waals surface area contributed by atoms with Crippen molar-refractivity contribution in [2.75, 3.05) is 6.54 Å². The summed E-state index contributed by atoms with van der Waals surface area (Å²) in [6, 6.07) is 11.0. The molecular weight excluding hydrogens is 365 g/mol. The van der Waals surface area contributed by atoms with Crippen molar-refractivity contribution >= 4 is 23.4 Å². The van der Waals surface area contributed by atoms with Crippen molar-refractivity contribution in [3.8, 4) is 0 Å². The zero-order valence-electron chi connectivity index (χ0n) is 15.1. The Hall–Kier alpha value is -3.48. The number of carboxylic acids is 1. The maximum atomic E-state index is 14.5. The van der Waals surface area contributed by atoms with Gasteiger partial charge in [0, 0.05) is 17.7 Å². The van der Waals surface area contributed by atoms with E-state index in [1.54, 1.807) is 30.3 Å². The quantitative estimate of drug-likeness (QED) is 0.470. The number of benzene rings is 2. The molecule has 1 aliphatic heterocycles. The molecule has 1 saturated heterocycles. The monoisotopic (exact) mass is 383 g/mol. The predicted octanol–water partition coefficient (Wildman–Crippen LogP) is 3.03. The van der Waals surface area contributed by atoms with Gasteiger partial charge in [0.05, 0.1) is 18.0 Å². The number of ketones is 1. The summed E-state index contributed by atoms with van der Waals surface area (Å²) in [6.07, 6.45) is -0.414. The van der Waals surface area contributed by atoms with Gasteiger partial charge in [0.15, 0.2) is 0 Å². The number of likely N-dealkylation sites (tertiary alicyclic amines) is 1. The number of aryl methyl sites for hydroxylation is 1. The van der Waals surface area contributed by atoms with Crippen LogP contribution in [-0.4, -0.2) is 39.3 Å². The van der Waals surface area contributed by atoms with E-state index in [4.69, 9.17) is 5.11 Å². The highest BCUT2D eigenvalue weighted by Gasteiger charge is 2.46. The van der Waals surface area contributed by atoms with Crippen LogP contribution in [0.5, 0.6) is 0 Å². The van der Waals surface area contributed by atoms with Gasteiger partial charge < -0.3 is 15.1 Å². The summed E-state index contributed by atoms with van der Waals surface area (Å²) in [7, 11) is 0. The van der Waals surface area contributed by atoms with E-state index in [0.29, 0.717) is 5.56 Å². The molecule has 0 spiro atoms. The van der Waals surface area contributed by atoms with E-state index in [1.165, 1.54) is 18.2 Å². The number of amides is 1. The van der Waals surface area contributed by atoms with Gasteiger partial charge in [-0.15, -0.1) is 0 Å². The van der Waals surface area contributed by atoms with Crippen LogP contribution < -0.4 is 0 Å². The predicted molar refractivity (Wildman–Crippen MR) is 98.8 cm³/mol. The first-order valence-electron chi connectivity index (χ1n) is 8.63. The Morgan fingerprint density at radius 2 is 1.71 bits per heavy atom. The van der Waals surface area contributed by atoms with Gasteiger partial charge in [-0.3, -0.25) is 14.4 Å². The van der Waals surface area contributed by atoms with Crippen LogP contribution in [0.2, 0.25) is 0 Å². The van der Waals surface area contributed by atoms with E-state index in [0.717, 1.165) is 10.5 Å². The lowest BCUT2D eigenvalue weighted by Gasteiger charge is -2.25. The number of rotatable bonds is 5. The van der Waals surface area contributed by atoms with E-state index >= 15 is 0 Å². The summed E-state index contributed by atoms with van der Waals surface area (Å²) in [5.74, 6) is -4.19. The van der Waals surface area contributed by atoms with Crippen LogP contribution in [0.25, 0.3) is 5.76 Å². The molecule has 0 aliphatic carbocycles. The van der Waals surface area contributed by atoms with Crippen molar-refractivity contribution in [3.63, 3.8) is 0 Å². The molecule has 2 N–H and O–H groups in total. The summed E-state index contributed by atoms with van der Waals surface area (Å²) < 4.78 is 14.5. The van der Waals surface area contributed by atoms with Crippen molar-refractivity contribution < 1.29 is 29.0 Å². The normalized spacial score (nSPS) is 18.5. The Morgan fingerprint density at radius 3 is 2.32 bits per heavy atom. The number of nitrogens with zero attached hydrogens (tertiary/aromatic N) is 1. The highest BCUT2D eigenvalue weighted by atomic mass is 19.1. The average molecular weight is 383 g/mol. The fourth-order valence-corrected chi connectivity index (χ4v) is 3.21. The minimum atomic E-state index is -1.21. The van der Waals surface area contributed by atoms with Crippen molar-refractivity contribution in [1.82, 2.24) is 4.90 Å². The topological polar surface area (TPSA) is 94.9 Å². The third kappa shape index (κ3) is 3.51. The number of aliphatic hydroxyl groups excluding tert-OH is 1. The van der Waals surface area contributed by atoms with E-state index in [2.05, 4.69) is 0 Å². The summed E-state index contributed by atoms with van der Waals surface area (Å²) in [4.78, 5) is 37.1. The van der Waals surface area contributed by atoms with Gasteiger partial charge >= 0.3 is 5.97 Å². The number of Topliss-reactive ketones (excluding diaryl/α,β-unsaturated/α-hetero) is 1. The molecule has 2 aromatic carbocycles. The molecule has 3 rings (SSSR count). The number of carbonyl (C=O) groups excluding carboxylic acids is 2. The van der Waals surface area contributed by atoms with Gasteiger partial charge in [0.2, 0.25) is 0 Å². The minimum absolute atomic E-state index is 0.0146. The Bertz CT molecular complexity index is 981. The first-order valence-corrected chi connectivity index (χ1v) is 8.63. The Kier molecular flexibility index (Phi) is 5.26. The fourth-order valence-electron chi connectivity index (χ4n) is 3.21. The SMILES string of the molecule is Cc1ccc(C(O)=C2C(=O)C(=O)N(CCC(=O)O)C2c2ccccc2F)cc1. The molecule has 0 saturated carbocycles. The Morgan fingerprint density at radius 1 is 1.07 bits per heavy atom. The highest BCUT2D eigenvalue weighted by Crippen LogP contribution is 2.40. The van der Waals surface area contributed by atoms with Crippen LogP contribution in [-0.2, 0) is 14.4 Å². The lowest BCUT2D eigenvalue weighted by atomic mass is 9.94. The second kappa shape index (κ2) is 7.64. The molecule has 1 amide bonds. The average Bonchev–Trinajstić information content (AvgIpc) is 2.91. The molecule has 1 heterocycles. The molecule has 0 radical (unpaired) electrons. The van der Waals surface area contributed by atoms with Crippen LogP contribution in [0.1, 0.15) is 29.2 Å². The smallest absolute Gasteiger partial charge is 0.305 e. The van der Waals surface area contributed by atoms with E-state index in [1.807, 2.05) is 6.92 Å². The molecule has 7 heteroatoms. The molecule has 2 aromatic rings. The lowest BCUT2D eigenvalue weighted by molar-refractivity contribution is -0.142. The molecule has 0 bridgehead atoms. The first kappa shape index (κ1) is 19.3. The number of hydrogen-bond donors (Lipinski definition) is 2. The molecule has 1 atom stereocenters. The van der Waals surface area contributed by atoms with Crippen LogP contribution >= 0.6 is 0 Å². The number of aliphatic carboxylic acids is 1. The summed E-state index contributed by atoms with van der Waals surface area (Å²) in [5.41, 5.74) is 0.998. The standard InChI is InChI=1S/C21H18FNO5/c1-12-6-8-13(9-7-12)19(26)17-18(14-4-2-3-5-15(14)22)23(11-10-16(24)25)21(28)20(17)27/h2-9,18,26H,10-11H2,1H3,(H,24,25). The van der Waals surface area contributed by atoms with Crippen LogP contribution in [0.15, 0.2) is 54.1 Å². The zero-order valence-corrected chi connectivity index (χ0v) is 15.1. The lowest BCUT2D eigenvalue weighted by Crippen LogP contribution is -2.32. The molecule has 6 nitrogen and oxygen atoms in total. The third-order valence-corrected chi connectivity index (χ3v) is 4.63. The minimum Gasteiger partial charge on any atom is -0.507 e. The number of carbonyl (C=O) groups is 3. The molecular formula is C21H18FNO5. The van der Waals surface area contributed by atoms with E-state index < -0.39 is 41.7 Å². The second-order valence-corrected chi connectivity index (χ2v) is 6.52. The van der Waals surface area contributed by atoms with Gasteiger partial charge in [0.1, 0.15) is 11.6 Å². The molecule has 1 fully saturated rings. The van der Waals surface area contributed by atoms with Crippen LogP contribution in [0.3, 0.4) is 0 Å². The molecule has 0 aromatic heterocycles. The van der Waals surface area contributed by atoms with Crippen LogP contribution in [0.4, 0.5) is 4.39 Å². The number of halogens is 1. The molecule has 28 heavy (non-hydrogen) atoms. The van der Waals surface area contributed by atoms with Crippen molar-refractivity contribution in [1.29, 1.82) is 0 Å². The van der Waals surface area contributed by atoms with Gasteiger partial charge in [-0.1, -0.05) is 48.0 Å². The molecule has 1 unspecified atom stereocenters. The molecule has 1 aliphatic rings. The maximum Gasteiger partial charge on any atom is 0.305 e. The first-order chi connectivity index (χ1) is 13.3. The Balaban J connectivity index is 2.18. The van der Waals surface area contributed by atoms with E-state index in [-0.39, 0.29) is 17.7 Å². The number of carboxylic acid groups (broad SMARTS) is 1. The van der Waals surface area contributed by atoms with Gasteiger partial charge in [-0.25, -0.2) is 4.39 Å². The largest absolute Gasteiger partial charge is 0.507 e. The van der Waals surface area contributed by atoms with Gasteiger partial charge in [0.25, 0.3) is 11.7 Å². The van der Waals surface area contributed by atoms with Crippen molar-refractivity contribution in [3.05, 3.63) is 76.6 Å². The number of hydrogen-bond acceptors (Lipinski definition) is 4. The summed E-state index contributed by atoms with van der Waals surface area (Å²) in [6.45, 7) is 1.57. The van der Waals surface area contributed by atoms with Gasteiger partial charge in [-0.05, 0) is 13.0 Å². The third-order valence-electron chi connectivity index (χ3n) is 4.63. The summed E-state index contributed by atoms with van der Waals surface area (Å²) in [5, 5.41) is 19.7. The zero-order chi connectivity index (χ0) is 20.4. The maximum absolute atomic E-state index is 14.5. The van der Waals surface area contributed by atoms with Gasteiger partial charge in [-0.2, -0.15) is 0 Å². The molecule has 144 valence electrons. The Labute approximate surface area is 160 Å². The van der Waals surface area contributed by atoms with Crippen LogP contribution in [0, 0.1) is 12.7 Å². The van der Waals surface area contributed by atoms with Crippen molar-refractivity contribution in [2.24, 2.45) is 0 Å². The highest BCUT2D eigenvalue weighted by molar-refractivity contribution is 6.46. The fraction of sp³-hybridized carbons (Fsp3) is 0.190. The number of aliphatic hydroxyl groups is 1. The second-order valence-electron chi connectivity index (χ2n) is 6.52. The van der Waals surface area contributed by atoms with Crippen molar-refractivity contribution in [2.45, 2.75) is 19.4 Å².